The molecule has 1 aromatic rings. The van der Waals surface area contributed by atoms with Gasteiger partial charge in [0.15, 0.2) is 0 Å². The van der Waals surface area contributed by atoms with Crippen molar-refractivity contribution in [1.29, 1.82) is 0 Å². The van der Waals surface area contributed by atoms with Crippen molar-refractivity contribution in [3.63, 3.8) is 0 Å². The van der Waals surface area contributed by atoms with Crippen molar-refractivity contribution in [2.75, 3.05) is 18.8 Å². The number of hydrogen-bond acceptors (Lipinski definition) is 5. The fourth-order valence-corrected chi connectivity index (χ4v) is 5.14. The topological polar surface area (TPSA) is 116 Å². The first-order valence-electron chi connectivity index (χ1n) is 9.85. The predicted molar refractivity (Wildman–Crippen MR) is 111 cm³/mol. The van der Waals surface area contributed by atoms with Crippen molar-refractivity contribution in [3.8, 4) is 0 Å². The third-order valence-corrected chi connectivity index (χ3v) is 6.61. The monoisotopic (exact) mass is 418 g/mol. The van der Waals surface area contributed by atoms with E-state index in [1.54, 1.807) is 18.2 Å². The van der Waals surface area contributed by atoms with Gasteiger partial charge in [0.05, 0.1) is 12.1 Å². The van der Waals surface area contributed by atoms with Gasteiger partial charge in [0.25, 0.3) is 5.91 Å². The molecule has 2 aliphatic heterocycles. The van der Waals surface area contributed by atoms with Crippen LogP contribution in [-0.4, -0.2) is 60.3 Å². The Hall–Kier alpha value is -2.55. The Kier molecular flexibility index (Phi) is 7.51. The molecule has 156 valence electrons. The van der Waals surface area contributed by atoms with Crippen molar-refractivity contribution in [1.82, 2.24) is 21.3 Å². The van der Waals surface area contributed by atoms with Crippen molar-refractivity contribution < 1.29 is 19.2 Å². The summed E-state index contributed by atoms with van der Waals surface area (Å²) in [7, 11) is 0. The molecule has 2 fully saturated rings. The molecule has 2 aliphatic rings. The smallest absolute Gasteiger partial charge is 0.315 e. The number of carbonyl (C=O) groups excluding carboxylic acids is 4. The lowest BCUT2D eigenvalue weighted by Crippen LogP contribution is -2.36. The minimum Gasteiger partial charge on any atom is -0.354 e. The molecule has 2 heterocycles. The van der Waals surface area contributed by atoms with E-state index in [1.807, 2.05) is 11.8 Å². The van der Waals surface area contributed by atoms with Gasteiger partial charge in [-0.25, -0.2) is 4.79 Å². The van der Waals surface area contributed by atoms with Crippen LogP contribution in [0.4, 0.5) is 4.79 Å². The summed E-state index contributed by atoms with van der Waals surface area (Å²) in [6.45, 7) is 0.683. The average molecular weight is 419 g/mol. The number of thioether (sulfide) groups is 1. The maximum atomic E-state index is 12.0. The summed E-state index contributed by atoms with van der Waals surface area (Å²) >= 11 is 1.88. The summed E-state index contributed by atoms with van der Waals surface area (Å²) in [6, 6.07) is 6.82. The van der Waals surface area contributed by atoms with Crippen LogP contribution in [0.3, 0.4) is 0 Å². The molecule has 29 heavy (non-hydrogen) atoms. The highest BCUT2D eigenvalue weighted by molar-refractivity contribution is 8.00. The van der Waals surface area contributed by atoms with E-state index in [9.17, 15) is 19.2 Å². The first kappa shape index (κ1) is 21.2. The third kappa shape index (κ3) is 5.96. The molecule has 0 bridgehead atoms. The van der Waals surface area contributed by atoms with E-state index in [1.165, 1.54) is 6.07 Å². The molecule has 3 rings (SSSR count). The van der Waals surface area contributed by atoms with Crippen LogP contribution in [0.2, 0.25) is 0 Å². The molecule has 0 aliphatic carbocycles. The molecule has 4 N–H and O–H groups in total. The van der Waals surface area contributed by atoms with Crippen molar-refractivity contribution in [2.24, 2.45) is 0 Å². The van der Waals surface area contributed by atoms with Gasteiger partial charge in [-0.15, -0.1) is 0 Å². The van der Waals surface area contributed by atoms with E-state index in [0.29, 0.717) is 42.2 Å². The summed E-state index contributed by atoms with van der Waals surface area (Å²) in [5, 5.41) is 11.8. The first-order valence-corrected chi connectivity index (χ1v) is 10.9. The molecule has 3 atom stereocenters. The number of unbranched alkanes of at least 4 members (excludes halogenated alkanes) is 1. The molecule has 9 heteroatoms. The zero-order valence-corrected chi connectivity index (χ0v) is 16.9. The lowest BCUT2D eigenvalue weighted by molar-refractivity contribution is -0.121. The normalized spacial score (nSPS) is 22.3. The molecule has 1 aromatic carbocycles. The lowest BCUT2D eigenvalue weighted by Gasteiger charge is -2.16. The second kappa shape index (κ2) is 10.3. The summed E-state index contributed by atoms with van der Waals surface area (Å²) < 4.78 is 0. The van der Waals surface area contributed by atoms with Crippen molar-refractivity contribution in [2.45, 2.75) is 43.0 Å². The van der Waals surface area contributed by atoms with E-state index in [4.69, 9.17) is 0 Å². The van der Waals surface area contributed by atoms with Crippen molar-refractivity contribution >= 4 is 35.9 Å². The molecular formula is C20H26N4O4S. The van der Waals surface area contributed by atoms with Gasteiger partial charge < -0.3 is 21.3 Å². The van der Waals surface area contributed by atoms with Gasteiger partial charge in [-0.1, -0.05) is 18.6 Å². The van der Waals surface area contributed by atoms with E-state index >= 15 is 0 Å². The average Bonchev–Trinajstić information content (AvgIpc) is 3.27. The van der Waals surface area contributed by atoms with Crippen LogP contribution in [0, 0.1) is 0 Å². The van der Waals surface area contributed by atoms with Crippen molar-refractivity contribution in [3.05, 3.63) is 35.4 Å². The molecule has 0 radical (unpaired) electrons. The van der Waals surface area contributed by atoms with Crippen LogP contribution in [0.5, 0.6) is 0 Å². The number of rotatable bonds is 10. The minimum absolute atomic E-state index is 0.0324. The van der Waals surface area contributed by atoms with Gasteiger partial charge in [-0.2, -0.15) is 11.8 Å². The maximum absolute atomic E-state index is 12.0. The second-order valence-corrected chi connectivity index (χ2v) is 8.49. The number of benzene rings is 1. The van der Waals surface area contributed by atoms with E-state index in [-0.39, 0.29) is 29.9 Å². The minimum atomic E-state index is -0.274. The molecule has 0 aromatic heterocycles. The van der Waals surface area contributed by atoms with E-state index in [0.717, 1.165) is 25.0 Å². The number of urea groups is 1. The zero-order valence-electron chi connectivity index (χ0n) is 16.1. The highest BCUT2D eigenvalue weighted by Crippen LogP contribution is 2.33. The molecule has 4 amide bonds. The molecule has 0 saturated carbocycles. The lowest BCUT2D eigenvalue weighted by atomic mass is 10.0. The van der Waals surface area contributed by atoms with Crippen LogP contribution >= 0.6 is 11.8 Å². The Labute approximate surface area is 173 Å². The summed E-state index contributed by atoms with van der Waals surface area (Å²) in [5.41, 5.74) is 0.866. The highest BCUT2D eigenvalue weighted by atomic mass is 32.2. The number of aldehydes is 1. The largest absolute Gasteiger partial charge is 0.354 e. The molecule has 2 saturated heterocycles. The standard InChI is InChI=1S/C20H26N4O4S/c25-11-13-4-3-5-14(10-13)19(27)22-9-8-21-17(26)7-2-1-6-16-18-15(12-29-16)23-20(28)24-18/h3-5,10-11,15-16,18H,1-2,6-9,12H2,(H,21,26)(H,22,27)(H2,23,24,28)/t15-,16-,18-/m0/s1. The molecule has 0 spiro atoms. The molecular weight excluding hydrogens is 392 g/mol. The number of nitrogens with one attached hydrogen (secondary N) is 4. The Morgan fingerprint density at radius 3 is 2.83 bits per heavy atom. The molecule has 0 unspecified atom stereocenters. The van der Waals surface area contributed by atoms with Crippen LogP contribution in [0.1, 0.15) is 46.4 Å². The van der Waals surface area contributed by atoms with Gasteiger partial charge in [0, 0.05) is 41.6 Å². The van der Waals surface area contributed by atoms with Gasteiger partial charge in [-0.05, 0) is 25.0 Å². The number of carbonyl (C=O) groups is 4. The Bertz CT molecular complexity index is 773. The summed E-state index contributed by atoms with van der Waals surface area (Å²) in [6.07, 6.45) is 3.87. The van der Waals surface area contributed by atoms with E-state index in [2.05, 4.69) is 21.3 Å². The third-order valence-electron chi connectivity index (χ3n) is 5.10. The predicted octanol–water partition coefficient (Wildman–Crippen LogP) is 1.07. The van der Waals surface area contributed by atoms with Crippen LogP contribution in [-0.2, 0) is 4.79 Å². The Morgan fingerprint density at radius 2 is 2.00 bits per heavy atom. The first-order chi connectivity index (χ1) is 14.1. The van der Waals surface area contributed by atoms with Gasteiger partial charge in [-0.3, -0.25) is 14.4 Å². The Morgan fingerprint density at radius 1 is 1.17 bits per heavy atom. The van der Waals surface area contributed by atoms with E-state index < -0.39 is 0 Å². The van der Waals surface area contributed by atoms with Crippen LogP contribution in [0.25, 0.3) is 0 Å². The van der Waals surface area contributed by atoms with Gasteiger partial charge >= 0.3 is 6.03 Å². The number of amides is 4. The van der Waals surface area contributed by atoms with Crippen LogP contribution < -0.4 is 21.3 Å². The maximum Gasteiger partial charge on any atom is 0.315 e. The highest BCUT2D eigenvalue weighted by Gasteiger charge is 2.42. The van der Waals surface area contributed by atoms with Crippen LogP contribution in [0.15, 0.2) is 24.3 Å². The second-order valence-electron chi connectivity index (χ2n) is 7.22. The zero-order chi connectivity index (χ0) is 20.6. The number of hydrogen-bond donors (Lipinski definition) is 4. The number of fused-ring (bicyclic) bond motifs is 1. The SMILES string of the molecule is O=Cc1cccc(C(=O)NCCNC(=O)CCCC[C@@H]2SC[C@@H]3NC(=O)N[C@@H]32)c1. The quantitative estimate of drug-likeness (QED) is 0.258. The fraction of sp³-hybridized carbons (Fsp3) is 0.500. The fourth-order valence-electron chi connectivity index (χ4n) is 3.60. The van der Waals surface area contributed by atoms with Gasteiger partial charge in [0.2, 0.25) is 5.91 Å². The molecule has 8 nitrogen and oxygen atoms in total. The Balaban J connectivity index is 1.24. The summed E-state index contributed by atoms with van der Waals surface area (Å²) in [4.78, 5) is 46.1. The van der Waals surface area contributed by atoms with Gasteiger partial charge in [0.1, 0.15) is 6.29 Å². The summed E-state index contributed by atoms with van der Waals surface area (Å²) in [5.74, 6) is 0.637.